The molecule has 0 fully saturated rings. The molecule has 0 saturated heterocycles. The molecule has 1 amide bonds. The highest BCUT2D eigenvalue weighted by molar-refractivity contribution is 7.91. The smallest absolute Gasteiger partial charge is 0.255 e. The Labute approximate surface area is 147 Å². The predicted molar refractivity (Wildman–Crippen MR) is 94.5 cm³/mol. The van der Waals surface area contributed by atoms with E-state index >= 15 is 0 Å². The number of nitrogens with one attached hydrogen (secondary N) is 1. The van der Waals surface area contributed by atoms with Gasteiger partial charge >= 0.3 is 0 Å². The van der Waals surface area contributed by atoms with Crippen molar-refractivity contribution in [3.05, 3.63) is 59.7 Å². The number of ether oxygens (including phenoxy) is 1. The maximum Gasteiger partial charge on any atom is 0.255 e. The van der Waals surface area contributed by atoms with Crippen molar-refractivity contribution in [2.24, 2.45) is 0 Å². The second-order valence-corrected chi connectivity index (χ2v) is 7.66. The fourth-order valence-corrected chi connectivity index (χ4v) is 3.26. The molecule has 2 rings (SSSR count). The van der Waals surface area contributed by atoms with E-state index in [1.165, 1.54) is 19.2 Å². The summed E-state index contributed by atoms with van der Waals surface area (Å²) < 4.78 is 28.9. The maximum atomic E-state index is 12.4. The molecule has 7 heteroatoms. The summed E-state index contributed by atoms with van der Waals surface area (Å²) in [6.45, 7) is 1.26. The molecule has 0 spiro atoms. The monoisotopic (exact) mass is 363 g/mol. The SMILES string of the molecule is CCS(=O)(=O)c1ccc([C@H](CO)NC(=O)c2ccccc2OC)cc1. The van der Waals surface area contributed by atoms with Gasteiger partial charge in [-0.25, -0.2) is 8.42 Å². The Morgan fingerprint density at radius 2 is 1.80 bits per heavy atom. The van der Waals surface area contributed by atoms with Crippen LogP contribution in [0.5, 0.6) is 5.75 Å². The van der Waals surface area contributed by atoms with E-state index < -0.39 is 15.9 Å². The van der Waals surface area contributed by atoms with Crippen LogP contribution in [0, 0.1) is 0 Å². The summed E-state index contributed by atoms with van der Waals surface area (Å²) in [4.78, 5) is 12.7. The lowest BCUT2D eigenvalue weighted by atomic mass is 10.1. The van der Waals surface area contributed by atoms with E-state index in [1.807, 2.05) is 0 Å². The molecule has 0 unspecified atom stereocenters. The summed E-state index contributed by atoms with van der Waals surface area (Å²) in [5, 5.41) is 12.3. The van der Waals surface area contributed by atoms with Crippen LogP contribution in [0.1, 0.15) is 28.9 Å². The Morgan fingerprint density at radius 3 is 2.36 bits per heavy atom. The number of sulfone groups is 1. The first-order valence-electron chi connectivity index (χ1n) is 7.80. The van der Waals surface area contributed by atoms with Gasteiger partial charge in [-0.3, -0.25) is 4.79 Å². The van der Waals surface area contributed by atoms with E-state index in [0.717, 1.165) is 0 Å². The van der Waals surface area contributed by atoms with Crippen molar-refractivity contribution in [1.29, 1.82) is 0 Å². The number of rotatable bonds is 7. The van der Waals surface area contributed by atoms with Crippen LogP contribution in [0.2, 0.25) is 0 Å². The van der Waals surface area contributed by atoms with Crippen molar-refractivity contribution in [3.8, 4) is 5.75 Å². The van der Waals surface area contributed by atoms with Crippen LogP contribution in [-0.4, -0.2) is 38.9 Å². The van der Waals surface area contributed by atoms with Gasteiger partial charge in [-0.05, 0) is 29.8 Å². The van der Waals surface area contributed by atoms with Crippen molar-refractivity contribution in [2.75, 3.05) is 19.5 Å². The fourth-order valence-electron chi connectivity index (χ4n) is 2.38. The number of methoxy groups -OCH3 is 1. The fraction of sp³-hybridized carbons (Fsp3) is 0.278. The van der Waals surface area contributed by atoms with Gasteiger partial charge in [0.05, 0.1) is 36.0 Å². The molecule has 6 nitrogen and oxygen atoms in total. The van der Waals surface area contributed by atoms with Crippen LogP contribution in [-0.2, 0) is 9.84 Å². The molecule has 0 bridgehead atoms. The zero-order chi connectivity index (χ0) is 18.4. The summed E-state index contributed by atoms with van der Waals surface area (Å²) in [6, 6.07) is 12.3. The Hall–Kier alpha value is -2.38. The summed E-state index contributed by atoms with van der Waals surface area (Å²) in [6.07, 6.45) is 0. The molecule has 2 aromatic carbocycles. The highest BCUT2D eigenvalue weighted by Gasteiger charge is 2.19. The normalized spacial score (nSPS) is 12.4. The van der Waals surface area contributed by atoms with E-state index in [2.05, 4.69) is 5.32 Å². The zero-order valence-electron chi connectivity index (χ0n) is 14.1. The lowest BCUT2D eigenvalue weighted by Crippen LogP contribution is -2.31. The van der Waals surface area contributed by atoms with Gasteiger partial charge in [-0.15, -0.1) is 0 Å². The second-order valence-electron chi connectivity index (χ2n) is 5.38. The number of carbonyl (C=O) groups is 1. The van der Waals surface area contributed by atoms with Crippen molar-refractivity contribution < 1.29 is 23.1 Å². The Balaban J connectivity index is 2.21. The van der Waals surface area contributed by atoms with Crippen molar-refractivity contribution in [3.63, 3.8) is 0 Å². The first-order valence-corrected chi connectivity index (χ1v) is 9.45. The minimum absolute atomic E-state index is 0.0142. The third kappa shape index (κ3) is 4.37. The van der Waals surface area contributed by atoms with Gasteiger partial charge in [0.15, 0.2) is 9.84 Å². The number of carbonyl (C=O) groups excluding carboxylic acids is 1. The largest absolute Gasteiger partial charge is 0.496 e. The molecule has 0 radical (unpaired) electrons. The van der Waals surface area contributed by atoms with Gasteiger partial charge < -0.3 is 15.2 Å². The van der Waals surface area contributed by atoms with Gasteiger partial charge in [-0.1, -0.05) is 31.2 Å². The summed E-state index contributed by atoms with van der Waals surface area (Å²) in [7, 11) is -1.81. The number of amides is 1. The van der Waals surface area contributed by atoms with Gasteiger partial charge in [0.25, 0.3) is 5.91 Å². The van der Waals surface area contributed by atoms with Crippen molar-refractivity contribution in [1.82, 2.24) is 5.32 Å². The van der Waals surface area contributed by atoms with E-state index in [1.54, 1.807) is 43.3 Å². The van der Waals surface area contributed by atoms with Crippen LogP contribution < -0.4 is 10.1 Å². The number of aliphatic hydroxyl groups is 1. The minimum Gasteiger partial charge on any atom is -0.496 e. The van der Waals surface area contributed by atoms with E-state index in [4.69, 9.17) is 4.74 Å². The number of benzene rings is 2. The zero-order valence-corrected chi connectivity index (χ0v) is 14.9. The molecular formula is C18H21NO5S. The van der Waals surface area contributed by atoms with Gasteiger partial charge in [0, 0.05) is 0 Å². The molecule has 2 N–H and O–H groups in total. The number of para-hydroxylation sites is 1. The average Bonchev–Trinajstić information content (AvgIpc) is 2.65. The molecule has 134 valence electrons. The lowest BCUT2D eigenvalue weighted by molar-refractivity contribution is 0.0913. The molecule has 0 saturated carbocycles. The summed E-state index contributed by atoms with van der Waals surface area (Å²) >= 11 is 0. The minimum atomic E-state index is -3.29. The van der Waals surface area contributed by atoms with Crippen molar-refractivity contribution in [2.45, 2.75) is 17.9 Å². The predicted octanol–water partition coefficient (Wildman–Crippen LogP) is 1.95. The molecule has 0 aromatic heterocycles. The van der Waals surface area contributed by atoms with E-state index in [0.29, 0.717) is 16.9 Å². The highest BCUT2D eigenvalue weighted by Crippen LogP contribution is 2.21. The molecule has 2 aromatic rings. The van der Waals surface area contributed by atoms with Crippen LogP contribution in [0.3, 0.4) is 0 Å². The van der Waals surface area contributed by atoms with Crippen LogP contribution in [0.4, 0.5) is 0 Å². The topological polar surface area (TPSA) is 92.7 Å². The second kappa shape index (κ2) is 8.13. The summed E-state index contributed by atoms with van der Waals surface area (Å²) in [5.74, 6) is 0.0585. The highest BCUT2D eigenvalue weighted by atomic mass is 32.2. The molecular weight excluding hydrogens is 342 g/mol. The number of aliphatic hydroxyl groups excluding tert-OH is 1. The Bertz CT molecular complexity index is 831. The standard InChI is InChI=1S/C18H21NO5S/c1-3-25(22,23)14-10-8-13(9-11-14)16(12-20)19-18(21)15-6-4-5-7-17(15)24-2/h4-11,16,20H,3,12H2,1-2H3,(H,19,21)/t16-/m0/s1. The maximum absolute atomic E-state index is 12.4. The van der Waals surface area contributed by atoms with Crippen LogP contribution >= 0.6 is 0 Å². The Morgan fingerprint density at radius 1 is 1.16 bits per heavy atom. The molecule has 25 heavy (non-hydrogen) atoms. The average molecular weight is 363 g/mol. The van der Waals surface area contributed by atoms with Crippen LogP contribution in [0.15, 0.2) is 53.4 Å². The number of hydrogen-bond donors (Lipinski definition) is 2. The van der Waals surface area contributed by atoms with Crippen molar-refractivity contribution >= 4 is 15.7 Å². The number of hydrogen-bond acceptors (Lipinski definition) is 5. The van der Waals surface area contributed by atoms with Gasteiger partial charge in [0.2, 0.25) is 0 Å². The first-order chi connectivity index (χ1) is 11.9. The Kier molecular flexibility index (Phi) is 6.17. The van der Waals surface area contributed by atoms with Gasteiger partial charge in [0.1, 0.15) is 5.75 Å². The van der Waals surface area contributed by atoms with Gasteiger partial charge in [-0.2, -0.15) is 0 Å². The third-order valence-corrected chi connectivity index (χ3v) is 5.61. The molecule has 1 atom stereocenters. The first kappa shape index (κ1) is 19.0. The van der Waals surface area contributed by atoms with Crippen LogP contribution in [0.25, 0.3) is 0 Å². The lowest BCUT2D eigenvalue weighted by Gasteiger charge is -2.18. The molecule has 0 aliphatic carbocycles. The summed E-state index contributed by atoms with van der Waals surface area (Å²) in [5.41, 5.74) is 0.967. The molecule has 0 aliphatic rings. The quantitative estimate of drug-likeness (QED) is 0.784. The molecule has 0 aliphatic heterocycles. The van der Waals surface area contributed by atoms with E-state index in [-0.39, 0.29) is 23.2 Å². The molecule has 0 heterocycles. The van der Waals surface area contributed by atoms with E-state index in [9.17, 15) is 18.3 Å². The third-order valence-electron chi connectivity index (χ3n) is 3.86.